The number of rotatable bonds is 2. The van der Waals surface area contributed by atoms with E-state index >= 15 is 0 Å². The predicted molar refractivity (Wildman–Crippen MR) is 59.4 cm³/mol. The maximum absolute atomic E-state index is 5.21. The molecule has 0 aliphatic carbocycles. The minimum Gasteiger partial charge on any atom is -0.493 e. The number of hydrogen-bond acceptors (Lipinski definition) is 2. The van der Waals surface area contributed by atoms with E-state index in [4.69, 9.17) is 9.47 Å². The van der Waals surface area contributed by atoms with E-state index in [0.717, 1.165) is 22.4 Å². The van der Waals surface area contributed by atoms with E-state index < -0.39 is 0 Å². The fourth-order valence-corrected chi connectivity index (χ4v) is 1.85. The Morgan fingerprint density at radius 1 is 1.14 bits per heavy atom. The van der Waals surface area contributed by atoms with Crippen molar-refractivity contribution < 1.29 is 9.47 Å². The van der Waals surface area contributed by atoms with E-state index in [2.05, 4.69) is 16.1 Å². The van der Waals surface area contributed by atoms with Crippen LogP contribution < -0.4 is 9.47 Å². The number of aromatic nitrogens is 1. The molecule has 14 heavy (non-hydrogen) atoms. The second kappa shape index (κ2) is 3.53. The Bertz CT molecular complexity index is 464. The maximum atomic E-state index is 5.21. The third-order valence-electron chi connectivity index (χ3n) is 2.15. The van der Waals surface area contributed by atoms with Gasteiger partial charge in [-0.2, -0.15) is 0 Å². The number of benzene rings is 1. The maximum Gasteiger partial charge on any atom is 0.162 e. The molecule has 0 aliphatic heterocycles. The second-order valence-electron chi connectivity index (χ2n) is 2.89. The summed E-state index contributed by atoms with van der Waals surface area (Å²) in [4.78, 5) is 0. The molecule has 1 aromatic carbocycles. The van der Waals surface area contributed by atoms with Gasteiger partial charge in [0.2, 0.25) is 0 Å². The Morgan fingerprint density at radius 3 is 2.43 bits per heavy atom. The molecule has 0 bridgehead atoms. The largest absolute Gasteiger partial charge is 0.493 e. The first-order chi connectivity index (χ1) is 6.76. The van der Waals surface area contributed by atoms with Crippen LogP contribution in [0.3, 0.4) is 0 Å². The van der Waals surface area contributed by atoms with Gasteiger partial charge in [-0.25, -0.2) is 0 Å². The molecular formula is C10H10BrNO2. The van der Waals surface area contributed by atoms with Gasteiger partial charge in [0.05, 0.1) is 35.9 Å². The molecule has 0 saturated heterocycles. The Kier molecular flexibility index (Phi) is 2.37. The lowest BCUT2D eigenvalue weighted by molar-refractivity contribution is 0.356. The van der Waals surface area contributed by atoms with Gasteiger partial charge < -0.3 is 9.47 Å². The highest BCUT2D eigenvalue weighted by atomic mass is 79.9. The van der Waals surface area contributed by atoms with Crippen molar-refractivity contribution in [3.05, 3.63) is 24.4 Å². The molecule has 2 aromatic rings. The number of methoxy groups -OCH3 is 2. The molecule has 4 heteroatoms. The van der Waals surface area contributed by atoms with Crippen molar-refractivity contribution in [1.29, 1.82) is 0 Å². The van der Waals surface area contributed by atoms with Crippen LogP contribution in [0.5, 0.6) is 11.5 Å². The molecule has 0 radical (unpaired) electrons. The summed E-state index contributed by atoms with van der Waals surface area (Å²) in [6.07, 6.45) is 1.93. The van der Waals surface area contributed by atoms with Crippen LogP contribution in [0.1, 0.15) is 0 Å². The Hall–Kier alpha value is -1.16. The predicted octanol–water partition coefficient (Wildman–Crippen LogP) is 2.82. The SMILES string of the molecule is COc1cc2ccn(Br)c2cc1OC. The molecular weight excluding hydrogens is 246 g/mol. The Labute approximate surface area is 90.6 Å². The summed E-state index contributed by atoms with van der Waals surface area (Å²) >= 11 is 3.40. The molecule has 0 spiro atoms. The van der Waals surface area contributed by atoms with E-state index in [0.29, 0.717) is 0 Å². The van der Waals surface area contributed by atoms with Gasteiger partial charge >= 0.3 is 0 Å². The summed E-state index contributed by atoms with van der Waals surface area (Å²) in [5, 5.41) is 1.11. The van der Waals surface area contributed by atoms with Crippen LogP contribution in [0.4, 0.5) is 0 Å². The third kappa shape index (κ3) is 1.35. The average Bonchev–Trinajstić information content (AvgIpc) is 2.58. The summed E-state index contributed by atoms with van der Waals surface area (Å²) in [5.41, 5.74) is 1.06. The van der Waals surface area contributed by atoms with Crippen molar-refractivity contribution in [3.8, 4) is 11.5 Å². The molecule has 0 fully saturated rings. The van der Waals surface area contributed by atoms with Crippen LogP contribution >= 0.6 is 16.1 Å². The number of fused-ring (bicyclic) bond motifs is 1. The van der Waals surface area contributed by atoms with Gasteiger partial charge in [0, 0.05) is 17.6 Å². The highest BCUT2D eigenvalue weighted by Gasteiger charge is 2.07. The van der Waals surface area contributed by atoms with E-state index in [1.807, 2.05) is 28.0 Å². The minimum absolute atomic E-state index is 0.736. The molecule has 1 heterocycles. The first-order valence-electron chi connectivity index (χ1n) is 4.15. The first kappa shape index (κ1) is 9.40. The smallest absolute Gasteiger partial charge is 0.162 e. The molecule has 3 nitrogen and oxygen atoms in total. The molecule has 0 N–H and O–H groups in total. The first-order valence-corrected chi connectivity index (χ1v) is 4.86. The van der Waals surface area contributed by atoms with Crippen molar-refractivity contribution in [1.82, 2.24) is 3.59 Å². The van der Waals surface area contributed by atoms with Gasteiger partial charge in [-0.15, -0.1) is 0 Å². The zero-order valence-corrected chi connectivity index (χ0v) is 9.54. The van der Waals surface area contributed by atoms with Crippen molar-refractivity contribution in [2.24, 2.45) is 0 Å². The molecule has 0 aliphatic rings. The molecule has 2 rings (SSSR count). The van der Waals surface area contributed by atoms with Gasteiger partial charge in [0.15, 0.2) is 11.5 Å². The second-order valence-corrected chi connectivity index (χ2v) is 3.66. The summed E-state index contributed by atoms with van der Waals surface area (Å²) in [6, 6.07) is 5.89. The molecule has 1 aromatic heterocycles. The van der Waals surface area contributed by atoms with Gasteiger partial charge in [-0.3, -0.25) is 3.59 Å². The van der Waals surface area contributed by atoms with E-state index in [9.17, 15) is 0 Å². The molecule has 74 valence electrons. The van der Waals surface area contributed by atoms with Crippen LogP contribution in [0, 0.1) is 0 Å². The van der Waals surface area contributed by atoms with Crippen LogP contribution in [-0.2, 0) is 0 Å². The average molecular weight is 256 g/mol. The number of hydrogen-bond donors (Lipinski definition) is 0. The number of ether oxygens (including phenoxy) is 2. The summed E-state index contributed by atoms with van der Waals surface area (Å²) in [6.45, 7) is 0. The van der Waals surface area contributed by atoms with Crippen molar-refractivity contribution in [2.45, 2.75) is 0 Å². The lowest BCUT2D eigenvalue weighted by Crippen LogP contribution is -1.90. The molecule has 0 amide bonds. The normalized spacial score (nSPS) is 10.5. The quantitative estimate of drug-likeness (QED) is 0.824. The van der Waals surface area contributed by atoms with Gasteiger partial charge in [-0.1, -0.05) is 0 Å². The highest BCUT2D eigenvalue weighted by molar-refractivity contribution is 9.08. The van der Waals surface area contributed by atoms with Gasteiger partial charge in [-0.05, 0) is 12.1 Å². The summed E-state index contributed by atoms with van der Waals surface area (Å²) in [5.74, 6) is 1.48. The van der Waals surface area contributed by atoms with Crippen LogP contribution in [-0.4, -0.2) is 17.8 Å². The van der Waals surface area contributed by atoms with Crippen molar-refractivity contribution >= 4 is 27.1 Å². The van der Waals surface area contributed by atoms with E-state index in [-0.39, 0.29) is 0 Å². The highest BCUT2D eigenvalue weighted by Crippen LogP contribution is 2.32. The minimum atomic E-state index is 0.736. The number of halogens is 1. The van der Waals surface area contributed by atoms with Crippen molar-refractivity contribution in [2.75, 3.05) is 14.2 Å². The molecule has 0 saturated carbocycles. The zero-order chi connectivity index (χ0) is 10.1. The fourth-order valence-electron chi connectivity index (χ4n) is 1.43. The molecule has 0 atom stereocenters. The van der Waals surface area contributed by atoms with Crippen LogP contribution in [0.15, 0.2) is 24.4 Å². The Morgan fingerprint density at radius 2 is 1.79 bits per heavy atom. The standard InChI is InChI=1S/C10H10BrNO2/c1-13-9-5-7-3-4-12(11)8(7)6-10(9)14-2/h3-6H,1-2H3. The fraction of sp³-hybridized carbons (Fsp3) is 0.200. The zero-order valence-electron chi connectivity index (χ0n) is 7.95. The lowest BCUT2D eigenvalue weighted by atomic mass is 10.2. The summed E-state index contributed by atoms with van der Waals surface area (Å²) in [7, 11) is 3.26. The van der Waals surface area contributed by atoms with E-state index in [1.54, 1.807) is 14.2 Å². The molecule has 0 unspecified atom stereocenters. The topological polar surface area (TPSA) is 23.4 Å². The van der Waals surface area contributed by atoms with Crippen LogP contribution in [0.2, 0.25) is 0 Å². The van der Waals surface area contributed by atoms with Crippen LogP contribution in [0.25, 0.3) is 10.9 Å². The lowest BCUT2D eigenvalue weighted by Gasteiger charge is -2.07. The number of nitrogens with zero attached hydrogens (tertiary/aromatic N) is 1. The third-order valence-corrected chi connectivity index (χ3v) is 2.77. The summed E-state index contributed by atoms with van der Waals surface area (Å²) < 4.78 is 12.3. The van der Waals surface area contributed by atoms with Gasteiger partial charge in [0.25, 0.3) is 0 Å². The van der Waals surface area contributed by atoms with Crippen molar-refractivity contribution in [3.63, 3.8) is 0 Å². The monoisotopic (exact) mass is 255 g/mol. The Balaban J connectivity index is 2.71. The van der Waals surface area contributed by atoms with Gasteiger partial charge in [0.1, 0.15) is 0 Å². The van der Waals surface area contributed by atoms with E-state index in [1.165, 1.54) is 0 Å².